The summed E-state index contributed by atoms with van der Waals surface area (Å²) >= 11 is 0. The monoisotopic (exact) mass is 354 g/mol. The minimum atomic E-state index is -0.634. The quantitative estimate of drug-likeness (QED) is 0.568. The fourth-order valence-corrected chi connectivity index (χ4v) is 2.51. The Morgan fingerprint density at radius 3 is 2.96 bits per heavy atom. The third-order valence-electron chi connectivity index (χ3n) is 3.79. The number of rotatable bonds is 2. The molecule has 0 atom stereocenters. The van der Waals surface area contributed by atoms with Gasteiger partial charge in [0.15, 0.2) is 0 Å². The third kappa shape index (κ3) is 3.28. The molecule has 0 saturated heterocycles. The van der Waals surface area contributed by atoms with Crippen molar-refractivity contribution < 1.29 is 18.7 Å². The molecule has 1 aliphatic rings. The number of carbonyl (C=O) groups is 2. The molecule has 7 nitrogen and oxygen atoms in total. The predicted molar refractivity (Wildman–Crippen MR) is 93.5 cm³/mol. The molecule has 8 heteroatoms. The molecule has 0 saturated carbocycles. The molecule has 132 valence electrons. The Hall–Kier alpha value is -3.60. The Bertz CT molecular complexity index is 982. The van der Waals surface area contributed by atoms with Gasteiger partial charge in [-0.15, -0.1) is 0 Å². The van der Waals surface area contributed by atoms with E-state index < -0.39 is 11.9 Å². The number of methoxy groups -OCH3 is 1. The number of benzene rings is 1. The molecule has 3 rings (SSSR count). The molecule has 1 aliphatic heterocycles. The maximum absolute atomic E-state index is 14.4. The van der Waals surface area contributed by atoms with Crippen molar-refractivity contribution in [3.05, 3.63) is 46.8 Å². The zero-order valence-corrected chi connectivity index (χ0v) is 14.1. The van der Waals surface area contributed by atoms with Crippen LogP contribution in [0.5, 0.6) is 0 Å². The van der Waals surface area contributed by atoms with Gasteiger partial charge in [0.2, 0.25) is 0 Å². The summed E-state index contributed by atoms with van der Waals surface area (Å²) in [6.07, 6.45) is 2.49. The zero-order valence-electron chi connectivity index (χ0n) is 14.1. The van der Waals surface area contributed by atoms with Crippen molar-refractivity contribution >= 4 is 29.3 Å². The van der Waals surface area contributed by atoms with Crippen LogP contribution in [0.15, 0.2) is 18.5 Å². The van der Waals surface area contributed by atoms with Crippen LogP contribution in [0.4, 0.5) is 14.9 Å². The third-order valence-corrected chi connectivity index (χ3v) is 3.79. The van der Waals surface area contributed by atoms with Crippen LogP contribution in [0.1, 0.15) is 22.5 Å². The van der Waals surface area contributed by atoms with Crippen LogP contribution in [0.2, 0.25) is 0 Å². The van der Waals surface area contributed by atoms with E-state index in [0.29, 0.717) is 22.6 Å². The Labute approximate surface area is 148 Å². The summed E-state index contributed by atoms with van der Waals surface area (Å²) in [4.78, 5) is 30.4. The predicted octanol–water partition coefficient (Wildman–Crippen LogP) is 2.06. The molecule has 0 bridgehead atoms. The number of anilines is 1. The van der Waals surface area contributed by atoms with Crippen molar-refractivity contribution in [1.82, 2.24) is 15.3 Å². The highest BCUT2D eigenvalue weighted by atomic mass is 19.1. The van der Waals surface area contributed by atoms with Crippen LogP contribution in [-0.4, -0.2) is 35.6 Å². The summed E-state index contributed by atoms with van der Waals surface area (Å²) in [5, 5.41) is 5.08. The highest BCUT2D eigenvalue weighted by Gasteiger charge is 2.28. The van der Waals surface area contributed by atoms with Crippen molar-refractivity contribution in [2.75, 3.05) is 19.0 Å². The van der Waals surface area contributed by atoms with E-state index in [2.05, 4.69) is 37.2 Å². The second-order valence-corrected chi connectivity index (χ2v) is 5.41. The van der Waals surface area contributed by atoms with E-state index in [1.165, 1.54) is 25.6 Å². The molecule has 2 aromatic rings. The summed E-state index contributed by atoms with van der Waals surface area (Å²) < 4.78 is 18.8. The first-order valence-corrected chi connectivity index (χ1v) is 7.68. The number of halogens is 1. The zero-order chi connectivity index (χ0) is 18.7. The van der Waals surface area contributed by atoms with Gasteiger partial charge in [0.25, 0.3) is 5.91 Å². The molecule has 0 unspecified atom stereocenters. The summed E-state index contributed by atoms with van der Waals surface area (Å²) in [6.45, 7) is 1.78. The number of hydrogen-bond acceptors (Lipinski definition) is 4. The normalized spacial score (nSPS) is 13.7. The van der Waals surface area contributed by atoms with Gasteiger partial charge < -0.3 is 20.4 Å². The lowest BCUT2D eigenvalue weighted by Gasteiger charge is -2.04. The topological polar surface area (TPSA) is 96.1 Å². The van der Waals surface area contributed by atoms with Crippen LogP contribution in [-0.2, 0) is 9.53 Å². The number of imidazole rings is 1. The van der Waals surface area contributed by atoms with Crippen molar-refractivity contribution in [3.8, 4) is 11.8 Å². The number of H-pyrrole nitrogens is 1. The van der Waals surface area contributed by atoms with Gasteiger partial charge in [0.05, 0.1) is 48.2 Å². The largest absolute Gasteiger partial charge is 0.453 e. The molecule has 1 aromatic carbocycles. The van der Waals surface area contributed by atoms with E-state index in [4.69, 9.17) is 0 Å². The molecule has 0 spiro atoms. The number of aromatic amines is 1. The first kappa shape index (κ1) is 17.2. The van der Waals surface area contributed by atoms with E-state index >= 15 is 0 Å². The van der Waals surface area contributed by atoms with Gasteiger partial charge >= 0.3 is 6.09 Å². The molecule has 0 fully saturated rings. The first-order valence-electron chi connectivity index (χ1n) is 7.68. The van der Waals surface area contributed by atoms with Crippen LogP contribution >= 0.6 is 0 Å². The summed E-state index contributed by atoms with van der Waals surface area (Å²) in [7, 11) is 1.23. The minimum Gasteiger partial charge on any atom is -0.453 e. The van der Waals surface area contributed by atoms with E-state index in [-0.39, 0.29) is 23.6 Å². The van der Waals surface area contributed by atoms with E-state index in [1.54, 1.807) is 13.0 Å². The first-order chi connectivity index (χ1) is 12.5. The highest BCUT2D eigenvalue weighted by Crippen LogP contribution is 2.36. The number of carbonyl (C=O) groups excluding carboxylic acids is 2. The number of fused-ring (bicyclic) bond motifs is 1. The fourth-order valence-electron chi connectivity index (χ4n) is 2.51. The number of alkyl carbamates (subject to hydrolysis) is 1. The number of ether oxygens (including phenoxy) is 1. The van der Waals surface area contributed by atoms with E-state index in [9.17, 15) is 14.0 Å². The van der Waals surface area contributed by atoms with Gasteiger partial charge in [-0.1, -0.05) is 11.8 Å². The van der Waals surface area contributed by atoms with Gasteiger partial charge in [-0.2, -0.15) is 0 Å². The lowest BCUT2D eigenvalue weighted by molar-refractivity contribution is -0.110. The molecule has 0 aliphatic carbocycles. The molecule has 0 radical (unpaired) electrons. The van der Waals surface area contributed by atoms with Crippen LogP contribution in [0.25, 0.3) is 11.6 Å². The Balaban J connectivity index is 2.01. The Morgan fingerprint density at radius 2 is 2.27 bits per heavy atom. The molecule has 2 heterocycles. The summed E-state index contributed by atoms with van der Waals surface area (Å²) in [5.41, 5.74) is 2.59. The van der Waals surface area contributed by atoms with Crippen molar-refractivity contribution in [2.24, 2.45) is 0 Å². The molecular weight excluding hydrogens is 339 g/mol. The summed E-state index contributed by atoms with van der Waals surface area (Å²) in [6, 6.07) is 2.72. The van der Waals surface area contributed by atoms with Crippen molar-refractivity contribution in [3.63, 3.8) is 0 Å². The number of hydrogen-bond donors (Lipinski definition) is 3. The lowest BCUT2D eigenvalue weighted by atomic mass is 9.99. The average Bonchev–Trinajstić information content (AvgIpc) is 3.17. The standard InChI is InChI=1S/C18H15FN4O3/c1-10-15(22-9-21-10)8-12-16-11(4-3-7-20-18(25)26-2)13(19)5-6-14(16)23-17(12)24/h5-6,8-9H,7H2,1-2H3,(H,20,25)(H,21,22)(H,23,24)/b12-8-. The summed E-state index contributed by atoms with van der Waals surface area (Å²) in [5.74, 6) is 4.43. The minimum absolute atomic E-state index is 0.0180. The second-order valence-electron chi connectivity index (χ2n) is 5.41. The van der Waals surface area contributed by atoms with Gasteiger partial charge in [0, 0.05) is 5.56 Å². The van der Waals surface area contributed by atoms with Gasteiger partial charge in [-0.3, -0.25) is 4.79 Å². The Morgan fingerprint density at radius 1 is 1.46 bits per heavy atom. The van der Waals surface area contributed by atoms with Crippen LogP contribution in [0.3, 0.4) is 0 Å². The average molecular weight is 354 g/mol. The fraction of sp³-hybridized carbons (Fsp3) is 0.167. The smallest absolute Gasteiger partial charge is 0.407 e. The molecule has 2 amide bonds. The molecule has 3 N–H and O–H groups in total. The van der Waals surface area contributed by atoms with Crippen LogP contribution in [0, 0.1) is 24.6 Å². The van der Waals surface area contributed by atoms with E-state index in [0.717, 1.165) is 0 Å². The maximum atomic E-state index is 14.4. The molecular formula is C18H15FN4O3. The molecule has 26 heavy (non-hydrogen) atoms. The van der Waals surface area contributed by atoms with E-state index in [1.807, 2.05) is 0 Å². The maximum Gasteiger partial charge on any atom is 0.407 e. The van der Waals surface area contributed by atoms with Crippen LogP contribution < -0.4 is 10.6 Å². The van der Waals surface area contributed by atoms with Crippen molar-refractivity contribution in [2.45, 2.75) is 6.92 Å². The van der Waals surface area contributed by atoms with Crippen molar-refractivity contribution in [1.29, 1.82) is 0 Å². The lowest BCUT2D eigenvalue weighted by Crippen LogP contribution is -2.23. The number of aromatic nitrogens is 2. The number of amides is 2. The van der Waals surface area contributed by atoms with Gasteiger partial charge in [0.1, 0.15) is 5.82 Å². The number of aryl methyl sites for hydroxylation is 1. The van der Waals surface area contributed by atoms with Gasteiger partial charge in [-0.05, 0) is 25.1 Å². The highest BCUT2D eigenvalue weighted by molar-refractivity contribution is 6.35. The second kappa shape index (κ2) is 7.11. The molecule has 1 aromatic heterocycles. The number of nitrogens with one attached hydrogen (secondary N) is 3. The Kier molecular flexibility index (Phi) is 4.71. The number of nitrogens with zero attached hydrogens (tertiary/aromatic N) is 1. The van der Waals surface area contributed by atoms with Gasteiger partial charge in [-0.25, -0.2) is 14.2 Å². The SMILES string of the molecule is COC(=O)NCC#Cc1c(F)ccc2c1/C(=C/c1[nH]cnc1C)C(=O)N2.